The molecule has 4 heteroatoms. The van der Waals surface area contributed by atoms with Gasteiger partial charge in [0, 0.05) is 6.42 Å². The molecule has 0 saturated carbocycles. The number of unbranched alkanes of at least 4 members (excludes halogenated alkanes) is 9. The van der Waals surface area contributed by atoms with Gasteiger partial charge in [0.2, 0.25) is 0 Å². The molecule has 0 bridgehead atoms. The maximum Gasteiger partial charge on any atom is 0.280 e. The Hall–Kier alpha value is -0.680. The van der Waals surface area contributed by atoms with E-state index in [-0.39, 0.29) is 13.2 Å². The third kappa shape index (κ3) is 12.3. The van der Waals surface area contributed by atoms with Crippen molar-refractivity contribution >= 4 is 0 Å². The summed E-state index contributed by atoms with van der Waals surface area (Å²) in [5.74, 6) is -1.48. The van der Waals surface area contributed by atoms with Crippen LogP contribution in [0.4, 0.5) is 0 Å². The SMILES string of the molecule is CCCCCC/C=C/C=C/CCCCCCCC1(O)OCC(O)CO1. The summed E-state index contributed by atoms with van der Waals surface area (Å²) in [5.41, 5.74) is 0. The molecule has 0 atom stereocenters. The Bertz CT molecular complexity index is 357. The van der Waals surface area contributed by atoms with Crippen molar-refractivity contribution in [3.05, 3.63) is 24.3 Å². The van der Waals surface area contributed by atoms with Gasteiger partial charge in [0.1, 0.15) is 6.10 Å². The van der Waals surface area contributed by atoms with Crippen LogP contribution in [0.2, 0.25) is 0 Å². The van der Waals surface area contributed by atoms with Crippen LogP contribution in [0.3, 0.4) is 0 Å². The number of aliphatic hydroxyl groups excluding tert-OH is 1. The van der Waals surface area contributed by atoms with Gasteiger partial charge < -0.3 is 19.7 Å². The van der Waals surface area contributed by atoms with Gasteiger partial charge >= 0.3 is 0 Å². The van der Waals surface area contributed by atoms with E-state index in [0.717, 1.165) is 19.3 Å². The molecule has 0 amide bonds. The van der Waals surface area contributed by atoms with Crippen molar-refractivity contribution in [2.24, 2.45) is 0 Å². The molecular formula is C21H38O4. The van der Waals surface area contributed by atoms with E-state index < -0.39 is 12.1 Å². The summed E-state index contributed by atoms with van der Waals surface area (Å²) < 4.78 is 10.3. The van der Waals surface area contributed by atoms with E-state index in [1.807, 2.05) is 0 Å². The lowest BCUT2D eigenvalue weighted by atomic mass is 10.1. The molecule has 0 aromatic heterocycles. The van der Waals surface area contributed by atoms with Gasteiger partial charge in [-0.05, 0) is 32.1 Å². The first kappa shape index (κ1) is 22.4. The van der Waals surface area contributed by atoms with Crippen molar-refractivity contribution in [1.82, 2.24) is 0 Å². The number of hydrogen-bond acceptors (Lipinski definition) is 4. The van der Waals surface area contributed by atoms with Crippen molar-refractivity contribution in [3.63, 3.8) is 0 Å². The van der Waals surface area contributed by atoms with Gasteiger partial charge in [-0.1, -0.05) is 69.8 Å². The molecule has 0 unspecified atom stereocenters. The van der Waals surface area contributed by atoms with Crippen LogP contribution in [0.25, 0.3) is 0 Å². The number of ether oxygens (including phenoxy) is 2. The Morgan fingerprint density at radius 2 is 1.36 bits per heavy atom. The van der Waals surface area contributed by atoms with E-state index in [1.54, 1.807) is 0 Å². The Morgan fingerprint density at radius 1 is 0.840 bits per heavy atom. The highest BCUT2D eigenvalue weighted by molar-refractivity contribution is 5.02. The Kier molecular flexibility index (Phi) is 13.0. The molecule has 4 nitrogen and oxygen atoms in total. The lowest BCUT2D eigenvalue weighted by Gasteiger charge is -2.34. The van der Waals surface area contributed by atoms with Gasteiger partial charge in [-0.3, -0.25) is 0 Å². The summed E-state index contributed by atoms with van der Waals surface area (Å²) in [4.78, 5) is 0. The molecule has 2 N–H and O–H groups in total. The number of hydrogen-bond donors (Lipinski definition) is 2. The molecule has 0 spiro atoms. The minimum Gasteiger partial charge on any atom is -0.388 e. The standard InChI is InChI=1S/C21H38O4/c1-2-3-4-5-6-7-8-9-10-11-12-13-14-15-16-17-21(23)24-18-20(22)19-25-21/h7-10,20,22-23H,2-6,11-19H2,1H3/b8-7+,10-9+. The zero-order chi connectivity index (χ0) is 18.2. The molecule has 1 fully saturated rings. The fourth-order valence-corrected chi connectivity index (χ4v) is 2.87. The number of allylic oxidation sites excluding steroid dienone is 4. The molecule has 1 aliphatic rings. The van der Waals surface area contributed by atoms with Crippen molar-refractivity contribution < 1.29 is 19.7 Å². The quantitative estimate of drug-likeness (QED) is 0.346. The molecule has 0 aliphatic carbocycles. The Balaban J connectivity index is 1.87. The molecule has 0 aromatic carbocycles. The lowest BCUT2D eigenvalue weighted by Crippen LogP contribution is -2.46. The summed E-state index contributed by atoms with van der Waals surface area (Å²) in [6, 6.07) is 0. The average Bonchev–Trinajstić information content (AvgIpc) is 2.61. The van der Waals surface area contributed by atoms with Crippen LogP contribution >= 0.6 is 0 Å². The van der Waals surface area contributed by atoms with Crippen LogP contribution < -0.4 is 0 Å². The Labute approximate surface area is 153 Å². The first-order valence-electron chi connectivity index (χ1n) is 10.2. The average molecular weight is 355 g/mol. The van der Waals surface area contributed by atoms with Gasteiger partial charge in [-0.2, -0.15) is 0 Å². The summed E-state index contributed by atoms with van der Waals surface area (Å²) >= 11 is 0. The van der Waals surface area contributed by atoms with E-state index in [2.05, 4.69) is 31.2 Å². The summed E-state index contributed by atoms with van der Waals surface area (Å²) in [6.07, 6.45) is 21.9. The topological polar surface area (TPSA) is 58.9 Å². The van der Waals surface area contributed by atoms with Crippen molar-refractivity contribution in [2.75, 3.05) is 13.2 Å². The number of rotatable bonds is 14. The molecule has 0 radical (unpaired) electrons. The van der Waals surface area contributed by atoms with Crippen molar-refractivity contribution in [3.8, 4) is 0 Å². The minimum absolute atomic E-state index is 0.149. The fraction of sp³-hybridized carbons (Fsp3) is 0.810. The van der Waals surface area contributed by atoms with E-state index in [9.17, 15) is 10.2 Å². The van der Waals surface area contributed by atoms with E-state index in [0.29, 0.717) is 6.42 Å². The first-order valence-corrected chi connectivity index (χ1v) is 10.2. The molecular weight excluding hydrogens is 316 g/mol. The van der Waals surface area contributed by atoms with Gasteiger partial charge in [-0.25, -0.2) is 0 Å². The predicted octanol–water partition coefficient (Wildman–Crippen LogP) is 4.85. The van der Waals surface area contributed by atoms with E-state index >= 15 is 0 Å². The molecule has 146 valence electrons. The molecule has 1 heterocycles. The summed E-state index contributed by atoms with van der Waals surface area (Å²) in [5, 5.41) is 19.3. The second-order valence-corrected chi connectivity index (χ2v) is 7.00. The van der Waals surface area contributed by atoms with Crippen molar-refractivity contribution in [2.45, 2.75) is 96.1 Å². The molecule has 1 saturated heterocycles. The lowest BCUT2D eigenvalue weighted by molar-refractivity contribution is -0.397. The largest absolute Gasteiger partial charge is 0.388 e. The number of aliphatic hydroxyl groups is 2. The van der Waals surface area contributed by atoms with Gasteiger partial charge in [0.25, 0.3) is 5.97 Å². The zero-order valence-electron chi connectivity index (χ0n) is 16.0. The fourth-order valence-electron chi connectivity index (χ4n) is 2.87. The zero-order valence-corrected chi connectivity index (χ0v) is 16.0. The smallest absolute Gasteiger partial charge is 0.280 e. The van der Waals surface area contributed by atoms with Crippen molar-refractivity contribution in [1.29, 1.82) is 0 Å². The molecule has 1 aliphatic heterocycles. The van der Waals surface area contributed by atoms with Crippen LogP contribution in [0.15, 0.2) is 24.3 Å². The monoisotopic (exact) mass is 354 g/mol. The predicted molar refractivity (Wildman–Crippen MR) is 102 cm³/mol. The maximum absolute atomic E-state index is 10.0. The summed E-state index contributed by atoms with van der Waals surface area (Å²) in [6.45, 7) is 2.54. The van der Waals surface area contributed by atoms with Crippen LogP contribution in [0, 0.1) is 0 Å². The normalized spacial score (nSPS) is 24.5. The van der Waals surface area contributed by atoms with E-state index in [1.165, 1.54) is 51.4 Å². The van der Waals surface area contributed by atoms with Crippen LogP contribution in [0.1, 0.15) is 84.0 Å². The minimum atomic E-state index is -1.48. The van der Waals surface area contributed by atoms with Gasteiger partial charge in [0.15, 0.2) is 0 Å². The molecule has 25 heavy (non-hydrogen) atoms. The highest BCUT2D eigenvalue weighted by atomic mass is 16.8. The van der Waals surface area contributed by atoms with Gasteiger partial charge in [0.05, 0.1) is 13.2 Å². The summed E-state index contributed by atoms with van der Waals surface area (Å²) in [7, 11) is 0. The Morgan fingerprint density at radius 3 is 1.96 bits per heavy atom. The highest BCUT2D eigenvalue weighted by Gasteiger charge is 2.34. The van der Waals surface area contributed by atoms with Gasteiger partial charge in [-0.15, -0.1) is 0 Å². The third-order valence-electron chi connectivity index (χ3n) is 4.47. The second-order valence-electron chi connectivity index (χ2n) is 7.00. The first-order chi connectivity index (χ1) is 12.2. The van der Waals surface area contributed by atoms with E-state index in [4.69, 9.17) is 9.47 Å². The second kappa shape index (κ2) is 14.5. The van der Waals surface area contributed by atoms with Crippen LogP contribution in [-0.2, 0) is 9.47 Å². The van der Waals surface area contributed by atoms with Crippen LogP contribution in [-0.4, -0.2) is 35.5 Å². The maximum atomic E-state index is 10.0. The highest BCUT2D eigenvalue weighted by Crippen LogP contribution is 2.23. The molecule has 0 aromatic rings. The molecule has 1 rings (SSSR count). The third-order valence-corrected chi connectivity index (χ3v) is 4.47. The van der Waals surface area contributed by atoms with Crippen LogP contribution in [0.5, 0.6) is 0 Å².